The van der Waals surface area contributed by atoms with Gasteiger partial charge in [0, 0.05) is 78.6 Å². The van der Waals surface area contributed by atoms with Crippen molar-refractivity contribution < 1.29 is 47.4 Å². The average molecular weight is 1050 g/mol. The summed E-state index contributed by atoms with van der Waals surface area (Å²) in [6, 6.07) is 22.4. The molecule has 6 heterocycles. The Morgan fingerprint density at radius 1 is 0.694 bits per heavy atom. The van der Waals surface area contributed by atoms with Crippen molar-refractivity contribution in [3.05, 3.63) is 111 Å². The van der Waals surface area contributed by atoms with E-state index in [1.807, 2.05) is 24.3 Å². The fourth-order valence-corrected chi connectivity index (χ4v) is 11.0. The van der Waals surface area contributed by atoms with Gasteiger partial charge < -0.3 is 40.5 Å². The van der Waals surface area contributed by atoms with E-state index >= 15 is 0 Å². The van der Waals surface area contributed by atoms with Crippen molar-refractivity contribution in [2.75, 3.05) is 27.3 Å². The maximum atomic E-state index is 14.7. The molecule has 20 heteroatoms. The molecule has 2 fully saturated rings. The van der Waals surface area contributed by atoms with Crippen molar-refractivity contribution in [3.63, 3.8) is 0 Å². The van der Waals surface area contributed by atoms with Crippen LogP contribution in [0.5, 0.6) is 11.5 Å². The highest BCUT2D eigenvalue weighted by molar-refractivity contribution is 9.10. The number of hydrogen-bond donors (Lipinski definition) is 4. The summed E-state index contributed by atoms with van der Waals surface area (Å²) in [6.45, 7) is 9.67. The van der Waals surface area contributed by atoms with Gasteiger partial charge in [0.1, 0.15) is 35.3 Å². The van der Waals surface area contributed by atoms with E-state index in [4.69, 9.17) is 45.7 Å². The van der Waals surface area contributed by atoms with Crippen molar-refractivity contribution in [1.82, 2.24) is 9.80 Å². The van der Waals surface area contributed by atoms with Crippen LogP contribution < -0.4 is 26.4 Å². The summed E-state index contributed by atoms with van der Waals surface area (Å²) in [7, 11) is 1.41. The third-order valence-electron chi connectivity index (χ3n) is 14.3. The molecule has 16 nitrogen and oxygen atoms in total. The Kier molecular flexibility index (Phi) is 14.3. The van der Waals surface area contributed by atoms with Crippen LogP contribution in [0.25, 0.3) is 11.1 Å². The summed E-state index contributed by atoms with van der Waals surface area (Å²) in [5.41, 5.74) is 11.9. The van der Waals surface area contributed by atoms with Crippen LogP contribution >= 0.6 is 15.9 Å². The lowest BCUT2D eigenvalue weighted by Crippen LogP contribution is -2.49. The van der Waals surface area contributed by atoms with Gasteiger partial charge in [-0.15, -0.1) is 0 Å². The van der Waals surface area contributed by atoms with Gasteiger partial charge in [-0.25, -0.2) is 18.8 Å². The third kappa shape index (κ3) is 10.0. The normalized spacial score (nSPS) is 26.5. The lowest BCUT2D eigenvalue weighted by atomic mass is 9.74. The van der Waals surface area contributed by atoms with E-state index in [-0.39, 0.29) is 69.7 Å². The number of likely N-dealkylation sites (N-methyl/N-ethyl adjacent to an activating group) is 2. The highest BCUT2D eigenvalue weighted by Gasteiger charge is 2.57. The van der Waals surface area contributed by atoms with E-state index in [0.717, 1.165) is 47.9 Å². The minimum atomic E-state index is -1.88. The second-order valence-electron chi connectivity index (χ2n) is 20.2. The summed E-state index contributed by atoms with van der Waals surface area (Å²) in [5.74, 6) is 0.657. The van der Waals surface area contributed by atoms with Crippen LogP contribution in [-0.2, 0) is 30.1 Å². The summed E-state index contributed by atoms with van der Waals surface area (Å²) < 4.78 is 52.9. The quantitative estimate of drug-likeness (QED) is 0.176. The van der Waals surface area contributed by atoms with Crippen LogP contribution in [0.2, 0.25) is 0 Å². The lowest BCUT2D eigenvalue weighted by molar-refractivity contribution is -0.135. The first kappa shape index (κ1) is 51.9. The van der Waals surface area contributed by atoms with Crippen LogP contribution in [0.4, 0.5) is 8.78 Å². The number of nitrogens with zero attached hydrogens (tertiary/aromatic N) is 6. The van der Waals surface area contributed by atoms with E-state index in [0.29, 0.717) is 60.2 Å². The molecule has 2 saturated heterocycles. The van der Waals surface area contributed by atoms with E-state index in [1.54, 1.807) is 38.4 Å². The second kappa shape index (κ2) is 19.9. The Hall–Kier alpha value is -6.42. The van der Waals surface area contributed by atoms with Crippen molar-refractivity contribution >= 4 is 52.2 Å². The standard InChI is InChI=1S/C26H27FN4O3.C19H24BrN3O3.C7H5BFNO2/c1-25(2)12-17(8-9-33-25)22-13-26(23(32)31(3)24(29)30-26)19-11-16(5-7-21(19)34-22)18-10-15(14-28)4-6-20(18)27;1-18(2)9-11(6-7-25-18)15-10-19(16(24)23(3)17(21)22-19)13-8-12(20)4-5-14(13)26-15;9-7-2-1-5(4-10)3-6(7)8(11)12/h4-7,10-11,17,22H,8-9,12-13H2,1-3H3,(H2,29,30);4-5,8,11,15H,6-7,9-10H2,1-3H3,(H2,21,22);1-3,11-12H. The molecule has 6 N–H and O–H groups in total. The first-order chi connectivity index (χ1) is 34.0. The molecule has 2 spiro atoms. The summed E-state index contributed by atoms with van der Waals surface area (Å²) in [6.07, 6.45) is 3.94. The lowest BCUT2D eigenvalue weighted by Gasteiger charge is -2.44. The predicted molar refractivity (Wildman–Crippen MR) is 267 cm³/mol. The maximum absolute atomic E-state index is 14.7. The number of hydrogen-bond acceptors (Lipinski definition) is 14. The summed E-state index contributed by atoms with van der Waals surface area (Å²) in [4.78, 5) is 38.8. The zero-order valence-electron chi connectivity index (χ0n) is 40.8. The molecule has 0 aliphatic carbocycles. The number of nitrogens with two attached hydrogens (primary N) is 2. The van der Waals surface area contributed by atoms with E-state index < -0.39 is 29.8 Å². The molecule has 10 rings (SSSR count). The molecule has 0 aromatic heterocycles. The van der Waals surface area contributed by atoms with Crippen molar-refractivity contribution in [3.8, 4) is 34.8 Å². The molecule has 2 amide bonds. The molecule has 6 aliphatic heterocycles. The number of carbonyl (C=O) groups is 2. The van der Waals surface area contributed by atoms with Gasteiger partial charge >= 0.3 is 7.12 Å². The van der Waals surface area contributed by atoms with Crippen molar-refractivity contribution in [1.29, 1.82) is 10.5 Å². The molecule has 0 bridgehead atoms. The van der Waals surface area contributed by atoms with Crippen LogP contribution in [-0.4, -0.2) is 101 Å². The van der Waals surface area contributed by atoms with Gasteiger partial charge in [0.2, 0.25) is 0 Å². The van der Waals surface area contributed by atoms with Gasteiger partial charge in [-0.05, 0) is 126 Å². The minimum Gasteiger partial charge on any atom is -0.490 e. The first-order valence-corrected chi connectivity index (χ1v) is 24.4. The number of fused-ring (bicyclic) bond motifs is 4. The number of rotatable bonds is 4. The van der Waals surface area contributed by atoms with Crippen molar-refractivity contribution in [2.45, 2.75) is 101 Å². The number of nitriles is 2. The number of ether oxygens (including phenoxy) is 4. The molecule has 6 unspecified atom stereocenters. The predicted octanol–water partition coefficient (Wildman–Crippen LogP) is 5.87. The first-order valence-electron chi connectivity index (χ1n) is 23.6. The zero-order chi connectivity index (χ0) is 52.1. The van der Waals surface area contributed by atoms with Gasteiger partial charge in [0.25, 0.3) is 11.8 Å². The molecular formula is C52H56BBrF2N8O8. The second-order valence-corrected chi connectivity index (χ2v) is 21.1. The van der Waals surface area contributed by atoms with Gasteiger partial charge in [-0.3, -0.25) is 19.4 Å². The Morgan fingerprint density at radius 3 is 1.62 bits per heavy atom. The fraction of sp³-hybridized carbons (Fsp3) is 0.423. The molecule has 4 aromatic carbocycles. The molecule has 376 valence electrons. The minimum absolute atomic E-state index is 0.0889. The molecule has 0 radical (unpaired) electrons. The number of guanidine groups is 2. The topological polar surface area (TPSA) is 242 Å². The molecule has 72 heavy (non-hydrogen) atoms. The number of aliphatic imine (C=N–C) groups is 2. The van der Waals surface area contributed by atoms with Crippen LogP contribution in [0.15, 0.2) is 87.3 Å². The van der Waals surface area contributed by atoms with Crippen molar-refractivity contribution in [2.24, 2.45) is 33.3 Å². The third-order valence-corrected chi connectivity index (χ3v) is 14.8. The number of amides is 2. The number of carbonyl (C=O) groups excluding carboxylic acids is 2. The zero-order valence-corrected chi connectivity index (χ0v) is 42.4. The molecule has 6 atom stereocenters. The Morgan fingerprint density at radius 2 is 1.17 bits per heavy atom. The highest BCUT2D eigenvalue weighted by atomic mass is 79.9. The van der Waals surface area contributed by atoms with Gasteiger partial charge in [0.15, 0.2) is 23.0 Å². The molecular weight excluding hydrogens is 993 g/mol. The summed E-state index contributed by atoms with van der Waals surface area (Å²) in [5, 5.41) is 34.9. The van der Waals surface area contributed by atoms with Gasteiger partial charge in [-0.1, -0.05) is 22.0 Å². The highest BCUT2D eigenvalue weighted by Crippen LogP contribution is 2.51. The number of halogens is 3. The SMILES string of the molecule is CN1C(=O)C2(CC(C3CCOC(C)(C)C3)Oc3ccc(-c4cc(C#N)ccc4F)cc32)N=C1N.CN1C(=O)C2(CC(C3CCOC(C)(C)C3)Oc3ccc(Br)cc32)N=C1N.N#Cc1ccc(F)c(B(O)O)c1. The smallest absolute Gasteiger partial charge is 0.490 e. The fourth-order valence-electron chi connectivity index (χ4n) is 10.6. The molecule has 6 aliphatic rings. The molecule has 0 saturated carbocycles. The van der Waals surface area contributed by atoms with Crippen LogP contribution in [0, 0.1) is 46.1 Å². The van der Waals surface area contributed by atoms with E-state index in [2.05, 4.69) is 53.6 Å². The average Bonchev–Trinajstić information content (AvgIpc) is 3.69. The van der Waals surface area contributed by atoms with Crippen LogP contribution in [0.3, 0.4) is 0 Å². The van der Waals surface area contributed by atoms with Gasteiger partial charge in [0.05, 0.1) is 34.5 Å². The number of benzene rings is 4. The van der Waals surface area contributed by atoms with Gasteiger partial charge in [-0.2, -0.15) is 10.5 Å². The monoisotopic (exact) mass is 1050 g/mol. The Labute approximate surface area is 425 Å². The van der Waals surface area contributed by atoms with E-state index in [1.165, 1.54) is 34.1 Å². The molecule has 4 aromatic rings. The maximum Gasteiger partial charge on any atom is 0.491 e. The Balaban J connectivity index is 0.000000161. The Bertz CT molecular complexity index is 2960. The summed E-state index contributed by atoms with van der Waals surface area (Å²) >= 11 is 3.50. The van der Waals surface area contributed by atoms with E-state index in [9.17, 15) is 23.6 Å². The largest absolute Gasteiger partial charge is 0.491 e. The van der Waals surface area contributed by atoms with Crippen LogP contribution in [0.1, 0.15) is 88.5 Å².